The van der Waals surface area contributed by atoms with E-state index in [0.29, 0.717) is 0 Å². The fourth-order valence-electron chi connectivity index (χ4n) is 0.521. The van der Waals surface area contributed by atoms with Gasteiger partial charge in [-0.15, -0.1) is 0 Å². The number of hydrogen-bond acceptors (Lipinski definition) is 1. The van der Waals surface area contributed by atoms with Crippen LogP contribution in [0.25, 0.3) is 0 Å². The predicted octanol–water partition coefficient (Wildman–Crippen LogP) is 2.58. The van der Waals surface area contributed by atoms with E-state index in [1.807, 2.05) is 20.8 Å². The Hall–Kier alpha value is -0.530. The molecule has 0 saturated carbocycles. The molecule has 2 heteroatoms. The van der Waals surface area contributed by atoms with Crippen LogP contribution in [0.3, 0.4) is 0 Å². The number of amides is 1. The average Bonchev–Trinajstić information content (AvgIpc) is 1.88. The van der Waals surface area contributed by atoms with E-state index in [1.54, 1.807) is 6.92 Å². The van der Waals surface area contributed by atoms with Gasteiger partial charge in [-0.1, -0.05) is 34.6 Å². The molecule has 0 aromatic carbocycles. The summed E-state index contributed by atoms with van der Waals surface area (Å²) < 4.78 is 0. The summed E-state index contributed by atoms with van der Waals surface area (Å²) in [5.41, 5.74) is 0.158. The first kappa shape index (κ1) is 14.0. The summed E-state index contributed by atoms with van der Waals surface area (Å²) in [4.78, 5) is 10.6. The smallest absolute Gasteiger partial charge is 0.217 e. The van der Waals surface area contributed by atoms with Crippen molar-refractivity contribution in [2.24, 2.45) is 5.41 Å². The van der Waals surface area contributed by atoms with Crippen molar-refractivity contribution in [1.29, 1.82) is 0 Å². The molecule has 0 aromatic heterocycles. The van der Waals surface area contributed by atoms with Gasteiger partial charge in [-0.05, 0) is 12.3 Å². The summed E-state index contributed by atoms with van der Waals surface area (Å²) in [5, 5.41) is 2.84. The maximum Gasteiger partial charge on any atom is 0.217 e. The minimum atomic E-state index is 0.0439. The predicted molar refractivity (Wildman–Crippen MR) is 54.1 cm³/mol. The molecule has 0 fully saturated rings. The van der Waals surface area contributed by atoms with Crippen LogP contribution in [0, 0.1) is 5.41 Å². The molecule has 1 unspecified atom stereocenters. The molecule has 12 heavy (non-hydrogen) atoms. The second-order valence-electron chi connectivity index (χ2n) is 3.79. The third-order valence-corrected chi connectivity index (χ3v) is 1.72. The summed E-state index contributed by atoms with van der Waals surface area (Å²) >= 11 is 0. The van der Waals surface area contributed by atoms with Crippen LogP contribution < -0.4 is 5.32 Å². The zero-order valence-electron chi connectivity index (χ0n) is 9.49. The van der Waals surface area contributed by atoms with Gasteiger partial charge < -0.3 is 5.32 Å². The third kappa shape index (κ3) is 7.58. The highest BCUT2D eigenvalue weighted by Crippen LogP contribution is 2.17. The van der Waals surface area contributed by atoms with Gasteiger partial charge in [0.25, 0.3) is 0 Å². The number of rotatable bonds is 1. The number of nitrogens with one attached hydrogen (secondary N) is 1. The quantitative estimate of drug-likeness (QED) is 0.649. The highest BCUT2D eigenvalue weighted by molar-refractivity contribution is 5.73. The molecule has 0 heterocycles. The van der Waals surface area contributed by atoms with Crippen LogP contribution in [0.1, 0.15) is 48.5 Å². The summed E-state index contributed by atoms with van der Waals surface area (Å²) in [6.07, 6.45) is 0. The Kier molecular flexibility index (Phi) is 7.05. The Labute approximate surface area is 76.7 Å². The van der Waals surface area contributed by atoms with E-state index in [9.17, 15) is 4.79 Å². The summed E-state index contributed by atoms with van der Waals surface area (Å²) in [5.74, 6) is 0.0439. The molecular formula is C10H23NO. The maximum absolute atomic E-state index is 10.6. The van der Waals surface area contributed by atoms with Gasteiger partial charge >= 0.3 is 0 Å². The largest absolute Gasteiger partial charge is 0.353 e. The summed E-state index contributed by atoms with van der Waals surface area (Å²) in [7, 11) is 0. The lowest BCUT2D eigenvalue weighted by atomic mass is 9.88. The molecule has 0 rings (SSSR count). The second-order valence-corrected chi connectivity index (χ2v) is 3.79. The number of hydrogen-bond donors (Lipinski definition) is 1. The van der Waals surface area contributed by atoms with Gasteiger partial charge in [0.15, 0.2) is 0 Å². The zero-order chi connectivity index (χ0) is 10.4. The van der Waals surface area contributed by atoms with Crippen molar-refractivity contribution in [3.63, 3.8) is 0 Å². The molecule has 0 saturated heterocycles. The maximum atomic E-state index is 10.6. The van der Waals surface area contributed by atoms with Crippen molar-refractivity contribution < 1.29 is 4.79 Å². The first-order valence-electron chi connectivity index (χ1n) is 4.61. The van der Waals surface area contributed by atoms with Gasteiger partial charge in [-0.3, -0.25) is 4.79 Å². The van der Waals surface area contributed by atoms with Crippen molar-refractivity contribution in [2.75, 3.05) is 0 Å². The van der Waals surface area contributed by atoms with Crippen molar-refractivity contribution >= 4 is 5.91 Å². The fourth-order valence-corrected chi connectivity index (χ4v) is 0.521. The van der Waals surface area contributed by atoms with E-state index in [2.05, 4.69) is 26.1 Å². The topological polar surface area (TPSA) is 29.1 Å². The van der Waals surface area contributed by atoms with Crippen molar-refractivity contribution in [3.8, 4) is 0 Å². The Bertz CT molecular complexity index is 124. The van der Waals surface area contributed by atoms with E-state index in [1.165, 1.54) is 0 Å². The Morgan fingerprint density at radius 3 is 1.67 bits per heavy atom. The standard InChI is InChI=1S/C8H17NO.C2H6/c1-6(8(3,4)5)9-7(2)10;1-2/h6H,1-5H3,(H,9,10);1-2H3. The fraction of sp³-hybridized carbons (Fsp3) is 0.900. The zero-order valence-corrected chi connectivity index (χ0v) is 9.49. The minimum absolute atomic E-state index is 0.0439. The summed E-state index contributed by atoms with van der Waals surface area (Å²) in [6.45, 7) is 13.9. The average molecular weight is 173 g/mol. The molecule has 0 aliphatic heterocycles. The van der Waals surface area contributed by atoms with E-state index in [0.717, 1.165) is 0 Å². The Morgan fingerprint density at radius 1 is 1.25 bits per heavy atom. The molecule has 0 bridgehead atoms. The van der Waals surface area contributed by atoms with Crippen LogP contribution in [0.2, 0.25) is 0 Å². The normalized spacial score (nSPS) is 12.6. The summed E-state index contributed by atoms with van der Waals surface area (Å²) in [6, 6.07) is 0.241. The molecule has 0 spiro atoms. The van der Waals surface area contributed by atoms with Gasteiger partial charge in [-0.2, -0.15) is 0 Å². The van der Waals surface area contributed by atoms with Gasteiger partial charge in [0, 0.05) is 13.0 Å². The first-order valence-corrected chi connectivity index (χ1v) is 4.61. The molecule has 0 aliphatic rings. The van der Waals surface area contributed by atoms with E-state index < -0.39 is 0 Å². The lowest BCUT2D eigenvalue weighted by Crippen LogP contribution is -2.40. The molecule has 74 valence electrons. The van der Waals surface area contributed by atoms with Crippen molar-refractivity contribution in [3.05, 3.63) is 0 Å². The van der Waals surface area contributed by atoms with Crippen LogP contribution in [0.5, 0.6) is 0 Å². The van der Waals surface area contributed by atoms with Gasteiger partial charge in [-0.25, -0.2) is 0 Å². The van der Waals surface area contributed by atoms with Crippen molar-refractivity contribution in [2.45, 2.75) is 54.5 Å². The van der Waals surface area contributed by atoms with Crippen LogP contribution in [-0.4, -0.2) is 11.9 Å². The Morgan fingerprint density at radius 2 is 1.58 bits per heavy atom. The second kappa shape index (κ2) is 6.04. The number of carbonyl (C=O) groups is 1. The van der Waals surface area contributed by atoms with E-state index in [-0.39, 0.29) is 17.4 Å². The van der Waals surface area contributed by atoms with E-state index in [4.69, 9.17) is 0 Å². The monoisotopic (exact) mass is 173 g/mol. The van der Waals surface area contributed by atoms with Gasteiger partial charge in [0.1, 0.15) is 0 Å². The van der Waals surface area contributed by atoms with Crippen LogP contribution >= 0.6 is 0 Å². The highest BCUT2D eigenvalue weighted by Gasteiger charge is 2.19. The lowest BCUT2D eigenvalue weighted by Gasteiger charge is -2.27. The van der Waals surface area contributed by atoms with Crippen LogP contribution in [-0.2, 0) is 4.79 Å². The van der Waals surface area contributed by atoms with E-state index >= 15 is 0 Å². The minimum Gasteiger partial charge on any atom is -0.353 e. The lowest BCUT2D eigenvalue weighted by molar-refractivity contribution is -0.120. The molecule has 2 nitrogen and oxygen atoms in total. The molecule has 0 aliphatic carbocycles. The molecule has 1 atom stereocenters. The van der Waals surface area contributed by atoms with Crippen LogP contribution in [0.4, 0.5) is 0 Å². The van der Waals surface area contributed by atoms with Gasteiger partial charge in [0.05, 0.1) is 0 Å². The van der Waals surface area contributed by atoms with Gasteiger partial charge in [0.2, 0.25) is 5.91 Å². The number of carbonyl (C=O) groups excluding carboxylic acids is 1. The van der Waals surface area contributed by atoms with Crippen molar-refractivity contribution in [1.82, 2.24) is 5.32 Å². The molecule has 1 N–H and O–H groups in total. The van der Waals surface area contributed by atoms with Crippen LogP contribution in [0.15, 0.2) is 0 Å². The SMILES string of the molecule is CC.CC(=O)NC(C)C(C)(C)C. The first-order chi connectivity index (χ1) is 5.34. The molecular weight excluding hydrogens is 150 g/mol. The third-order valence-electron chi connectivity index (χ3n) is 1.72. The molecule has 1 amide bonds. The Balaban J connectivity index is 0. The molecule has 0 aromatic rings. The molecule has 0 radical (unpaired) electrons. The highest BCUT2D eigenvalue weighted by atomic mass is 16.1.